The Balaban J connectivity index is 1.82. The third kappa shape index (κ3) is 6.61. The van der Waals surface area contributed by atoms with Crippen LogP contribution in [0.3, 0.4) is 0 Å². The fourth-order valence-electron chi connectivity index (χ4n) is 7.41. The zero-order chi connectivity index (χ0) is 31.0. The fraction of sp³-hybridized carbons (Fsp3) is 0.576. The molecule has 6 atom stereocenters. The number of carboxylic acids is 1. The first-order valence-corrected chi connectivity index (χ1v) is 14.7. The maximum Gasteiger partial charge on any atom is 0.416 e. The number of ether oxygens (including phenoxy) is 1. The quantitative estimate of drug-likeness (QED) is 0.366. The zero-order valence-corrected chi connectivity index (χ0v) is 25.2. The first-order chi connectivity index (χ1) is 19.6. The lowest BCUT2D eigenvalue weighted by Crippen LogP contribution is -2.49. The van der Waals surface area contributed by atoms with E-state index >= 15 is 0 Å². The van der Waals surface area contributed by atoms with Crippen molar-refractivity contribution >= 4 is 11.9 Å². The van der Waals surface area contributed by atoms with E-state index in [0.29, 0.717) is 36.0 Å². The molecule has 6 nitrogen and oxygen atoms in total. The van der Waals surface area contributed by atoms with Gasteiger partial charge in [-0.25, -0.2) is 4.79 Å². The number of nitrogens with one attached hydrogen (secondary N) is 1. The van der Waals surface area contributed by atoms with Gasteiger partial charge in [0.1, 0.15) is 11.8 Å². The van der Waals surface area contributed by atoms with Crippen LogP contribution >= 0.6 is 0 Å². The topological polar surface area (TPSA) is 78.9 Å². The number of likely N-dealkylation sites (tertiary alicyclic amines) is 1. The number of nitrogens with zero attached hydrogens (tertiary/aromatic N) is 1. The molecule has 2 N–H and O–H groups in total. The van der Waals surface area contributed by atoms with Crippen LogP contribution in [0.5, 0.6) is 5.75 Å². The summed E-state index contributed by atoms with van der Waals surface area (Å²) in [5.74, 6) is -1.08. The van der Waals surface area contributed by atoms with E-state index < -0.39 is 47.2 Å². The van der Waals surface area contributed by atoms with E-state index in [1.165, 1.54) is 13.2 Å². The van der Waals surface area contributed by atoms with Gasteiger partial charge in [-0.1, -0.05) is 65.0 Å². The van der Waals surface area contributed by atoms with Crippen molar-refractivity contribution < 1.29 is 32.6 Å². The lowest BCUT2D eigenvalue weighted by Gasteiger charge is -2.38. The molecule has 1 saturated heterocycles. The average Bonchev–Trinajstić information content (AvgIpc) is 3.26. The van der Waals surface area contributed by atoms with Crippen LogP contribution < -0.4 is 10.1 Å². The number of amides is 1. The number of carbonyl (C=O) groups is 2. The van der Waals surface area contributed by atoms with Gasteiger partial charge in [0.05, 0.1) is 18.7 Å². The van der Waals surface area contributed by atoms with Crippen molar-refractivity contribution in [2.75, 3.05) is 7.11 Å². The number of hydrogen-bond acceptors (Lipinski definition) is 4. The van der Waals surface area contributed by atoms with Crippen LogP contribution in [0.4, 0.5) is 13.2 Å². The van der Waals surface area contributed by atoms with Crippen LogP contribution in [0.1, 0.15) is 76.6 Å². The molecule has 1 heterocycles. The Labute approximate surface area is 246 Å². The van der Waals surface area contributed by atoms with Gasteiger partial charge in [-0.15, -0.1) is 0 Å². The van der Waals surface area contributed by atoms with Crippen LogP contribution in [-0.2, 0) is 22.3 Å². The van der Waals surface area contributed by atoms with Gasteiger partial charge in [0, 0.05) is 30.0 Å². The van der Waals surface area contributed by atoms with E-state index in [0.717, 1.165) is 24.1 Å². The lowest BCUT2D eigenvalue weighted by atomic mass is 9.72. The Morgan fingerprint density at radius 2 is 1.62 bits per heavy atom. The minimum absolute atomic E-state index is 0.000457. The largest absolute Gasteiger partial charge is 0.496 e. The van der Waals surface area contributed by atoms with Gasteiger partial charge < -0.3 is 20.1 Å². The van der Waals surface area contributed by atoms with Crippen LogP contribution in [0.15, 0.2) is 48.5 Å². The number of carboxylic acid groups (broad SMARTS) is 1. The van der Waals surface area contributed by atoms with Crippen molar-refractivity contribution in [2.24, 2.45) is 29.1 Å². The highest BCUT2D eigenvalue weighted by Crippen LogP contribution is 2.50. The molecule has 2 fully saturated rings. The molecule has 0 radical (unpaired) electrons. The van der Waals surface area contributed by atoms with Gasteiger partial charge in [0.25, 0.3) is 0 Å². The molecule has 1 saturated carbocycles. The van der Waals surface area contributed by atoms with Crippen molar-refractivity contribution in [3.63, 3.8) is 0 Å². The molecular formula is C33H43F3N2O4. The van der Waals surface area contributed by atoms with Crippen LogP contribution in [0, 0.1) is 29.1 Å². The second kappa shape index (κ2) is 12.3. The summed E-state index contributed by atoms with van der Waals surface area (Å²) in [7, 11) is 1.40. The van der Waals surface area contributed by atoms with Gasteiger partial charge in [-0.3, -0.25) is 4.79 Å². The monoisotopic (exact) mass is 588 g/mol. The molecule has 1 amide bonds. The number of methoxy groups -OCH3 is 1. The molecule has 2 aliphatic rings. The first-order valence-electron chi connectivity index (χ1n) is 14.7. The molecule has 4 rings (SSSR count). The minimum atomic E-state index is -4.53. The summed E-state index contributed by atoms with van der Waals surface area (Å²) in [6.45, 7) is 10.1. The standard InChI is InChI=1S/C33H43F3N2O4/c1-19-14-20(2)16-22(15-19)30(39)38-28(21-10-8-7-9-11-21)27(26(32(3,4)5)29(38)31(40)41)37-18-23-17-24(33(34,35)36)12-13-25(23)42-6/h7-13,17,19-20,22,26-29,37H,14-16,18H2,1-6H3,(H,40,41)/t19?,20?,22?,26-,27-,28-,29-/m0/s1. The highest BCUT2D eigenvalue weighted by atomic mass is 19.4. The molecule has 1 aliphatic heterocycles. The van der Waals surface area contributed by atoms with Crippen LogP contribution in [0.25, 0.3) is 0 Å². The zero-order valence-electron chi connectivity index (χ0n) is 25.2. The lowest BCUT2D eigenvalue weighted by molar-refractivity contribution is -0.155. The van der Waals surface area contributed by atoms with Crippen molar-refractivity contribution in [3.05, 3.63) is 65.2 Å². The maximum atomic E-state index is 14.4. The fourth-order valence-corrected chi connectivity index (χ4v) is 7.41. The molecule has 2 aromatic carbocycles. The van der Waals surface area contributed by atoms with Gasteiger partial charge in [0.2, 0.25) is 5.91 Å². The average molecular weight is 589 g/mol. The van der Waals surface area contributed by atoms with Crippen LogP contribution in [0.2, 0.25) is 0 Å². The SMILES string of the molecule is COc1ccc(C(F)(F)F)cc1CN[C@H]1[C@H](C(C)(C)C)[C@@H](C(=O)O)N(C(=O)C2CC(C)CC(C)C2)[C@H]1c1ccccc1. The Morgan fingerprint density at radius 1 is 1.00 bits per heavy atom. The molecule has 42 heavy (non-hydrogen) atoms. The predicted octanol–water partition coefficient (Wildman–Crippen LogP) is 6.94. The summed E-state index contributed by atoms with van der Waals surface area (Å²) in [4.78, 5) is 29.1. The van der Waals surface area contributed by atoms with Crippen molar-refractivity contribution in [3.8, 4) is 5.75 Å². The molecule has 0 spiro atoms. The van der Waals surface area contributed by atoms with Crippen molar-refractivity contribution in [1.82, 2.24) is 10.2 Å². The molecule has 2 aromatic rings. The summed E-state index contributed by atoms with van der Waals surface area (Å²) in [6, 6.07) is 10.4. The van der Waals surface area contributed by atoms with E-state index in [4.69, 9.17) is 4.74 Å². The van der Waals surface area contributed by atoms with Crippen molar-refractivity contribution in [1.29, 1.82) is 0 Å². The maximum absolute atomic E-state index is 14.4. The Bertz CT molecular complexity index is 1250. The highest BCUT2D eigenvalue weighted by molar-refractivity contribution is 5.87. The van der Waals surface area contributed by atoms with E-state index in [-0.39, 0.29) is 18.4 Å². The summed E-state index contributed by atoms with van der Waals surface area (Å²) in [5.41, 5.74) is -0.264. The molecule has 230 valence electrons. The Morgan fingerprint density at radius 3 is 2.14 bits per heavy atom. The third-order valence-electron chi connectivity index (χ3n) is 8.98. The second-order valence-electron chi connectivity index (χ2n) is 13.3. The number of carbonyl (C=O) groups excluding carboxylic acids is 1. The molecule has 0 bridgehead atoms. The van der Waals surface area contributed by atoms with Gasteiger partial charge in [0.15, 0.2) is 0 Å². The second-order valence-corrected chi connectivity index (χ2v) is 13.3. The summed E-state index contributed by atoms with van der Waals surface area (Å²) >= 11 is 0. The normalized spacial score (nSPS) is 28.5. The number of rotatable bonds is 7. The number of aliphatic carboxylic acids is 1. The summed E-state index contributed by atoms with van der Waals surface area (Å²) in [6.07, 6.45) is -2.09. The van der Waals surface area contributed by atoms with Gasteiger partial charge in [-0.2, -0.15) is 13.2 Å². The molecule has 2 unspecified atom stereocenters. The highest BCUT2D eigenvalue weighted by Gasteiger charge is 2.58. The Kier molecular flexibility index (Phi) is 9.31. The third-order valence-corrected chi connectivity index (χ3v) is 8.98. The number of hydrogen-bond donors (Lipinski definition) is 2. The number of benzene rings is 2. The smallest absolute Gasteiger partial charge is 0.416 e. The van der Waals surface area contributed by atoms with E-state index in [1.807, 2.05) is 51.1 Å². The van der Waals surface area contributed by atoms with E-state index in [1.54, 1.807) is 4.90 Å². The Hall–Kier alpha value is -3.07. The van der Waals surface area contributed by atoms with Gasteiger partial charge >= 0.3 is 12.1 Å². The predicted molar refractivity (Wildman–Crippen MR) is 155 cm³/mol. The molecule has 1 aliphatic carbocycles. The number of alkyl halides is 3. The number of halogens is 3. The van der Waals surface area contributed by atoms with Crippen LogP contribution in [-0.4, -0.2) is 41.1 Å². The first kappa shape index (κ1) is 31.9. The summed E-state index contributed by atoms with van der Waals surface area (Å²) in [5, 5.41) is 14.1. The molecule has 9 heteroatoms. The minimum Gasteiger partial charge on any atom is -0.496 e. The van der Waals surface area contributed by atoms with Crippen molar-refractivity contribution in [2.45, 2.75) is 84.7 Å². The summed E-state index contributed by atoms with van der Waals surface area (Å²) < 4.78 is 46.1. The van der Waals surface area contributed by atoms with E-state index in [9.17, 15) is 27.9 Å². The molecular weight excluding hydrogens is 545 g/mol. The van der Waals surface area contributed by atoms with E-state index in [2.05, 4.69) is 19.2 Å². The van der Waals surface area contributed by atoms with Gasteiger partial charge in [-0.05, 0) is 60.3 Å². The molecule has 0 aromatic heterocycles.